The van der Waals surface area contributed by atoms with Crippen LogP contribution < -0.4 is 0 Å². The minimum atomic E-state index is 0.664. The molecule has 0 aromatic carbocycles. The van der Waals surface area contributed by atoms with Gasteiger partial charge in [-0.15, -0.1) is 6.58 Å². The number of rotatable bonds is 3. The standard InChI is InChI=1S/C8H10OS/c1-2-3-7-4-8(6-10)9-5-7/h2,4-5,10H,1,3,6H2. The van der Waals surface area contributed by atoms with Gasteiger partial charge in [0, 0.05) is 5.75 Å². The van der Waals surface area contributed by atoms with Gasteiger partial charge < -0.3 is 4.42 Å². The Labute approximate surface area is 66.2 Å². The van der Waals surface area contributed by atoms with Crippen LogP contribution in [0.3, 0.4) is 0 Å². The molecule has 2 heteroatoms. The highest BCUT2D eigenvalue weighted by Gasteiger charge is 1.96. The molecule has 0 spiro atoms. The first-order valence-corrected chi connectivity index (χ1v) is 3.78. The summed E-state index contributed by atoms with van der Waals surface area (Å²) in [4.78, 5) is 0. The van der Waals surface area contributed by atoms with E-state index in [2.05, 4.69) is 19.2 Å². The van der Waals surface area contributed by atoms with E-state index in [1.807, 2.05) is 12.1 Å². The summed E-state index contributed by atoms with van der Waals surface area (Å²) in [5.74, 6) is 1.58. The lowest BCUT2D eigenvalue weighted by Crippen LogP contribution is -1.72. The van der Waals surface area contributed by atoms with Crippen molar-refractivity contribution in [2.75, 3.05) is 0 Å². The molecule has 1 rings (SSSR count). The van der Waals surface area contributed by atoms with Gasteiger partial charge in [-0.05, 0) is 18.1 Å². The molecule has 54 valence electrons. The zero-order valence-corrected chi connectivity index (χ0v) is 6.60. The van der Waals surface area contributed by atoms with Gasteiger partial charge in [-0.1, -0.05) is 6.08 Å². The Kier molecular flexibility index (Phi) is 2.63. The van der Waals surface area contributed by atoms with E-state index >= 15 is 0 Å². The fourth-order valence-electron chi connectivity index (χ4n) is 0.783. The molecule has 0 saturated heterocycles. The number of furan rings is 1. The fourth-order valence-corrected chi connectivity index (χ4v) is 0.949. The maximum Gasteiger partial charge on any atom is 0.113 e. The van der Waals surface area contributed by atoms with Gasteiger partial charge in [-0.2, -0.15) is 12.6 Å². The lowest BCUT2D eigenvalue weighted by molar-refractivity contribution is 0.529. The molecule has 0 radical (unpaired) electrons. The molecule has 10 heavy (non-hydrogen) atoms. The minimum absolute atomic E-state index is 0.664. The molecule has 1 nitrogen and oxygen atoms in total. The molecular weight excluding hydrogens is 144 g/mol. The summed E-state index contributed by atoms with van der Waals surface area (Å²) in [7, 11) is 0. The molecule has 0 N–H and O–H groups in total. The Morgan fingerprint density at radius 2 is 2.50 bits per heavy atom. The van der Waals surface area contributed by atoms with E-state index in [-0.39, 0.29) is 0 Å². The zero-order valence-electron chi connectivity index (χ0n) is 5.71. The summed E-state index contributed by atoms with van der Waals surface area (Å²) in [6.07, 6.45) is 4.47. The Balaban J connectivity index is 2.67. The number of allylic oxidation sites excluding steroid dienone is 1. The van der Waals surface area contributed by atoms with Crippen molar-refractivity contribution in [3.05, 3.63) is 36.3 Å². The van der Waals surface area contributed by atoms with E-state index in [9.17, 15) is 0 Å². The third-order valence-electron chi connectivity index (χ3n) is 1.24. The van der Waals surface area contributed by atoms with Crippen LogP contribution in [-0.2, 0) is 12.2 Å². The van der Waals surface area contributed by atoms with Crippen LogP contribution in [0.25, 0.3) is 0 Å². The quantitative estimate of drug-likeness (QED) is 0.521. The summed E-state index contributed by atoms with van der Waals surface area (Å²) < 4.78 is 5.14. The third-order valence-corrected chi connectivity index (χ3v) is 1.56. The summed E-state index contributed by atoms with van der Waals surface area (Å²) in [6.45, 7) is 3.63. The summed E-state index contributed by atoms with van der Waals surface area (Å²) >= 11 is 4.07. The van der Waals surface area contributed by atoms with Crippen molar-refractivity contribution >= 4 is 12.6 Å². The molecule has 1 aromatic rings. The van der Waals surface area contributed by atoms with Crippen LogP contribution in [-0.4, -0.2) is 0 Å². The highest BCUT2D eigenvalue weighted by atomic mass is 32.1. The van der Waals surface area contributed by atoms with Gasteiger partial charge in [0.2, 0.25) is 0 Å². The predicted molar refractivity (Wildman–Crippen MR) is 45.3 cm³/mol. The normalized spacial score (nSPS) is 9.70. The molecule has 0 aliphatic rings. The van der Waals surface area contributed by atoms with Crippen molar-refractivity contribution < 1.29 is 4.42 Å². The van der Waals surface area contributed by atoms with Gasteiger partial charge >= 0.3 is 0 Å². The van der Waals surface area contributed by atoms with Crippen LogP contribution in [0.2, 0.25) is 0 Å². The van der Waals surface area contributed by atoms with Crippen molar-refractivity contribution in [1.29, 1.82) is 0 Å². The third kappa shape index (κ3) is 1.67. The SMILES string of the molecule is C=CCc1coc(CS)c1. The monoisotopic (exact) mass is 154 g/mol. The second-order valence-corrected chi connectivity index (χ2v) is 2.39. The highest BCUT2D eigenvalue weighted by molar-refractivity contribution is 7.79. The fraction of sp³-hybridized carbons (Fsp3) is 0.250. The highest BCUT2D eigenvalue weighted by Crippen LogP contribution is 2.10. The van der Waals surface area contributed by atoms with E-state index in [1.165, 1.54) is 5.56 Å². The van der Waals surface area contributed by atoms with E-state index in [1.54, 1.807) is 6.26 Å². The van der Waals surface area contributed by atoms with Crippen LogP contribution in [0.4, 0.5) is 0 Å². The maximum absolute atomic E-state index is 5.14. The molecule has 0 aliphatic carbocycles. The van der Waals surface area contributed by atoms with Crippen molar-refractivity contribution in [2.45, 2.75) is 12.2 Å². The lowest BCUT2D eigenvalue weighted by Gasteiger charge is -1.82. The summed E-state index contributed by atoms with van der Waals surface area (Å²) in [5.41, 5.74) is 1.17. The molecule has 0 atom stereocenters. The van der Waals surface area contributed by atoms with Gasteiger partial charge in [0.05, 0.1) is 6.26 Å². The van der Waals surface area contributed by atoms with Crippen LogP contribution >= 0.6 is 12.6 Å². The zero-order chi connectivity index (χ0) is 7.40. The molecule has 1 aromatic heterocycles. The Morgan fingerprint density at radius 3 is 3.00 bits per heavy atom. The van der Waals surface area contributed by atoms with E-state index in [0.717, 1.165) is 12.2 Å². The van der Waals surface area contributed by atoms with Crippen LogP contribution in [0.5, 0.6) is 0 Å². The van der Waals surface area contributed by atoms with E-state index < -0.39 is 0 Å². The lowest BCUT2D eigenvalue weighted by atomic mass is 10.2. The average molecular weight is 154 g/mol. The first-order chi connectivity index (χ1) is 4.86. The van der Waals surface area contributed by atoms with Crippen LogP contribution in [0.15, 0.2) is 29.4 Å². The second kappa shape index (κ2) is 3.52. The minimum Gasteiger partial charge on any atom is -0.468 e. The molecule has 1 heterocycles. The smallest absolute Gasteiger partial charge is 0.113 e. The maximum atomic E-state index is 5.14. The Bertz CT molecular complexity index is 215. The molecule has 0 unspecified atom stereocenters. The van der Waals surface area contributed by atoms with Gasteiger partial charge in [-0.3, -0.25) is 0 Å². The topological polar surface area (TPSA) is 13.1 Å². The summed E-state index contributed by atoms with van der Waals surface area (Å²) in [6, 6.07) is 1.99. The predicted octanol–water partition coefficient (Wildman–Crippen LogP) is 2.44. The largest absolute Gasteiger partial charge is 0.468 e. The number of thiol groups is 1. The van der Waals surface area contributed by atoms with Crippen molar-refractivity contribution in [3.63, 3.8) is 0 Å². The average Bonchev–Trinajstić information content (AvgIpc) is 2.37. The van der Waals surface area contributed by atoms with Gasteiger partial charge in [0.1, 0.15) is 5.76 Å². The van der Waals surface area contributed by atoms with E-state index in [4.69, 9.17) is 4.42 Å². The number of hydrogen-bond acceptors (Lipinski definition) is 2. The molecular formula is C8H10OS. The Hall–Kier alpha value is -0.630. The van der Waals surface area contributed by atoms with Crippen molar-refractivity contribution in [3.8, 4) is 0 Å². The molecule has 0 amide bonds. The molecule has 0 fully saturated rings. The number of hydrogen-bond donors (Lipinski definition) is 1. The second-order valence-electron chi connectivity index (χ2n) is 2.07. The van der Waals surface area contributed by atoms with Gasteiger partial charge in [-0.25, -0.2) is 0 Å². The van der Waals surface area contributed by atoms with Crippen molar-refractivity contribution in [1.82, 2.24) is 0 Å². The first kappa shape index (κ1) is 7.48. The van der Waals surface area contributed by atoms with Crippen LogP contribution in [0.1, 0.15) is 11.3 Å². The summed E-state index contributed by atoms with van der Waals surface area (Å²) in [5, 5.41) is 0. The van der Waals surface area contributed by atoms with Gasteiger partial charge in [0.25, 0.3) is 0 Å². The molecule has 0 saturated carbocycles. The first-order valence-electron chi connectivity index (χ1n) is 3.15. The Morgan fingerprint density at radius 1 is 1.70 bits per heavy atom. The molecule has 0 bridgehead atoms. The van der Waals surface area contributed by atoms with E-state index in [0.29, 0.717) is 5.75 Å². The molecule has 0 aliphatic heterocycles. The van der Waals surface area contributed by atoms with Gasteiger partial charge in [0.15, 0.2) is 0 Å². The van der Waals surface area contributed by atoms with Crippen LogP contribution in [0, 0.1) is 0 Å². The van der Waals surface area contributed by atoms with Crippen molar-refractivity contribution in [2.24, 2.45) is 0 Å².